The molecular weight excluding hydrogens is 315 g/mol. The number of rotatable bonds is 3. The number of nitrogen functional groups attached to an aromatic ring is 1. The standard InChI is InChI=1S/C11H11IN4/c12-9-6-15-11(16-7-9)14-5-8-3-1-2-4-10(8)13/h1-4,6-7H,5,13H2,(H,14,15,16). The smallest absolute Gasteiger partial charge is 0.222 e. The van der Waals surface area contributed by atoms with Crippen molar-refractivity contribution in [3.8, 4) is 0 Å². The number of aromatic nitrogens is 2. The summed E-state index contributed by atoms with van der Waals surface area (Å²) in [6.07, 6.45) is 3.54. The van der Waals surface area contributed by atoms with Crippen LogP contribution in [-0.2, 0) is 6.54 Å². The van der Waals surface area contributed by atoms with Crippen molar-refractivity contribution in [1.29, 1.82) is 0 Å². The molecule has 4 nitrogen and oxygen atoms in total. The van der Waals surface area contributed by atoms with Crippen LogP contribution >= 0.6 is 22.6 Å². The van der Waals surface area contributed by atoms with E-state index in [0.29, 0.717) is 12.5 Å². The molecule has 2 rings (SSSR count). The zero-order chi connectivity index (χ0) is 11.4. The molecule has 1 aromatic heterocycles. The first-order valence-corrected chi connectivity index (χ1v) is 5.88. The maximum absolute atomic E-state index is 5.83. The Bertz CT molecular complexity index is 470. The topological polar surface area (TPSA) is 63.8 Å². The van der Waals surface area contributed by atoms with Crippen LogP contribution in [0, 0.1) is 3.57 Å². The average Bonchev–Trinajstić information content (AvgIpc) is 2.30. The zero-order valence-corrected chi connectivity index (χ0v) is 10.7. The molecule has 0 amide bonds. The molecule has 16 heavy (non-hydrogen) atoms. The summed E-state index contributed by atoms with van der Waals surface area (Å²) < 4.78 is 1.02. The molecule has 1 aromatic carbocycles. The second kappa shape index (κ2) is 5.11. The van der Waals surface area contributed by atoms with E-state index in [1.54, 1.807) is 12.4 Å². The quantitative estimate of drug-likeness (QED) is 0.671. The first-order chi connectivity index (χ1) is 7.75. The van der Waals surface area contributed by atoms with Crippen LogP contribution in [0.15, 0.2) is 36.7 Å². The minimum atomic E-state index is 0.615. The summed E-state index contributed by atoms with van der Waals surface area (Å²) >= 11 is 2.17. The van der Waals surface area contributed by atoms with Gasteiger partial charge in [-0.3, -0.25) is 0 Å². The van der Waals surface area contributed by atoms with E-state index in [9.17, 15) is 0 Å². The molecule has 0 saturated carbocycles. The Morgan fingerprint density at radius 1 is 1.19 bits per heavy atom. The number of nitrogens with two attached hydrogens (primary N) is 1. The minimum Gasteiger partial charge on any atom is -0.398 e. The predicted molar refractivity (Wildman–Crippen MR) is 72.9 cm³/mol. The van der Waals surface area contributed by atoms with E-state index in [4.69, 9.17) is 5.73 Å². The molecule has 0 saturated heterocycles. The maximum atomic E-state index is 5.83. The highest BCUT2D eigenvalue weighted by Crippen LogP contribution is 2.12. The largest absolute Gasteiger partial charge is 0.398 e. The Balaban J connectivity index is 2.02. The molecule has 82 valence electrons. The first kappa shape index (κ1) is 11.1. The number of nitrogens with zero attached hydrogens (tertiary/aromatic N) is 2. The van der Waals surface area contributed by atoms with Gasteiger partial charge in [-0.2, -0.15) is 0 Å². The third-order valence-corrected chi connectivity index (χ3v) is 2.67. The first-order valence-electron chi connectivity index (χ1n) is 4.80. The second-order valence-electron chi connectivity index (χ2n) is 3.28. The summed E-state index contributed by atoms with van der Waals surface area (Å²) in [4.78, 5) is 8.30. The zero-order valence-electron chi connectivity index (χ0n) is 8.52. The van der Waals surface area contributed by atoms with Gasteiger partial charge in [-0.1, -0.05) is 18.2 Å². The Morgan fingerprint density at radius 3 is 2.56 bits per heavy atom. The molecule has 2 aromatic rings. The second-order valence-corrected chi connectivity index (χ2v) is 4.52. The van der Waals surface area contributed by atoms with Crippen molar-refractivity contribution in [1.82, 2.24) is 9.97 Å². The van der Waals surface area contributed by atoms with Crippen molar-refractivity contribution in [3.63, 3.8) is 0 Å². The van der Waals surface area contributed by atoms with E-state index in [-0.39, 0.29) is 0 Å². The summed E-state index contributed by atoms with van der Waals surface area (Å²) in [6.45, 7) is 0.632. The van der Waals surface area contributed by atoms with E-state index in [0.717, 1.165) is 14.8 Å². The lowest BCUT2D eigenvalue weighted by Gasteiger charge is -2.06. The monoisotopic (exact) mass is 326 g/mol. The molecule has 0 atom stereocenters. The van der Waals surface area contributed by atoms with E-state index < -0.39 is 0 Å². The highest BCUT2D eigenvalue weighted by molar-refractivity contribution is 14.1. The minimum absolute atomic E-state index is 0.615. The van der Waals surface area contributed by atoms with Gasteiger partial charge in [0, 0.05) is 28.2 Å². The normalized spacial score (nSPS) is 10.1. The lowest BCUT2D eigenvalue weighted by Crippen LogP contribution is -2.05. The van der Waals surface area contributed by atoms with Crippen molar-refractivity contribution in [2.75, 3.05) is 11.1 Å². The van der Waals surface area contributed by atoms with Crippen molar-refractivity contribution >= 4 is 34.2 Å². The molecule has 0 aliphatic rings. The molecule has 0 radical (unpaired) electrons. The van der Waals surface area contributed by atoms with Crippen LogP contribution in [0.1, 0.15) is 5.56 Å². The number of halogens is 1. The fourth-order valence-electron chi connectivity index (χ4n) is 1.27. The Kier molecular flexibility index (Phi) is 3.55. The van der Waals surface area contributed by atoms with Crippen molar-refractivity contribution in [2.45, 2.75) is 6.54 Å². The Hall–Kier alpha value is -1.37. The SMILES string of the molecule is Nc1ccccc1CNc1ncc(I)cn1. The molecule has 0 aliphatic carbocycles. The van der Waals surface area contributed by atoms with Crippen LogP contribution in [0.3, 0.4) is 0 Å². The van der Waals surface area contributed by atoms with Gasteiger partial charge in [0.15, 0.2) is 0 Å². The van der Waals surface area contributed by atoms with Gasteiger partial charge >= 0.3 is 0 Å². The summed E-state index contributed by atoms with van der Waals surface area (Å²) in [6, 6.07) is 7.74. The molecule has 0 spiro atoms. The van der Waals surface area contributed by atoms with Crippen LogP contribution < -0.4 is 11.1 Å². The fourth-order valence-corrected chi connectivity index (χ4v) is 1.55. The van der Waals surface area contributed by atoms with Crippen LogP contribution in [0.25, 0.3) is 0 Å². The molecular formula is C11H11IN4. The van der Waals surface area contributed by atoms with Gasteiger partial charge in [0.2, 0.25) is 5.95 Å². The van der Waals surface area contributed by atoms with Crippen LogP contribution in [0.5, 0.6) is 0 Å². The van der Waals surface area contributed by atoms with Crippen LogP contribution in [0.2, 0.25) is 0 Å². The number of hydrogen-bond donors (Lipinski definition) is 2. The Labute approximate surface area is 107 Å². The van der Waals surface area contributed by atoms with E-state index in [1.807, 2.05) is 24.3 Å². The predicted octanol–water partition coefficient (Wildman–Crippen LogP) is 2.28. The number of nitrogens with one attached hydrogen (secondary N) is 1. The van der Waals surface area contributed by atoms with Gasteiger partial charge < -0.3 is 11.1 Å². The van der Waals surface area contributed by atoms with Crippen LogP contribution in [-0.4, -0.2) is 9.97 Å². The summed E-state index contributed by atoms with van der Waals surface area (Å²) in [7, 11) is 0. The summed E-state index contributed by atoms with van der Waals surface area (Å²) in [5, 5.41) is 3.12. The van der Waals surface area contributed by atoms with Crippen molar-refractivity contribution in [2.24, 2.45) is 0 Å². The molecule has 0 fully saturated rings. The highest BCUT2D eigenvalue weighted by Gasteiger charge is 1.99. The van der Waals surface area contributed by atoms with Gasteiger partial charge in [-0.05, 0) is 34.2 Å². The number of hydrogen-bond acceptors (Lipinski definition) is 4. The van der Waals surface area contributed by atoms with Gasteiger partial charge in [0.25, 0.3) is 0 Å². The van der Waals surface area contributed by atoms with Gasteiger partial charge in [0.1, 0.15) is 0 Å². The summed E-state index contributed by atoms with van der Waals surface area (Å²) in [5.74, 6) is 0.615. The number of benzene rings is 1. The van der Waals surface area contributed by atoms with Crippen molar-refractivity contribution in [3.05, 3.63) is 45.8 Å². The molecule has 3 N–H and O–H groups in total. The molecule has 1 heterocycles. The van der Waals surface area contributed by atoms with E-state index in [2.05, 4.69) is 37.9 Å². The number of para-hydroxylation sites is 1. The lowest BCUT2D eigenvalue weighted by atomic mass is 10.2. The van der Waals surface area contributed by atoms with Gasteiger partial charge in [-0.15, -0.1) is 0 Å². The highest BCUT2D eigenvalue weighted by atomic mass is 127. The van der Waals surface area contributed by atoms with Crippen molar-refractivity contribution < 1.29 is 0 Å². The molecule has 5 heteroatoms. The third kappa shape index (κ3) is 2.82. The molecule has 0 bridgehead atoms. The fraction of sp³-hybridized carbons (Fsp3) is 0.0909. The molecule has 0 unspecified atom stereocenters. The van der Waals surface area contributed by atoms with E-state index >= 15 is 0 Å². The van der Waals surface area contributed by atoms with Crippen LogP contribution in [0.4, 0.5) is 11.6 Å². The third-order valence-electron chi connectivity index (χ3n) is 2.11. The Morgan fingerprint density at radius 2 is 1.88 bits per heavy atom. The van der Waals surface area contributed by atoms with E-state index in [1.165, 1.54) is 0 Å². The lowest BCUT2D eigenvalue weighted by molar-refractivity contribution is 1.05. The average molecular weight is 326 g/mol. The van der Waals surface area contributed by atoms with Gasteiger partial charge in [-0.25, -0.2) is 9.97 Å². The molecule has 0 aliphatic heterocycles. The summed E-state index contributed by atoms with van der Waals surface area (Å²) in [5.41, 5.74) is 7.65. The number of anilines is 2. The van der Waals surface area contributed by atoms with Gasteiger partial charge in [0.05, 0.1) is 0 Å². The maximum Gasteiger partial charge on any atom is 0.222 e.